The largest absolute Gasteiger partial charge is 0.289 e. The summed E-state index contributed by atoms with van der Waals surface area (Å²) in [5.74, 6) is 0. The first kappa shape index (κ1) is 8.00. The summed E-state index contributed by atoms with van der Waals surface area (Å²) >= 11 is 2.47. The van der Waals surface area contributed by atoms with E-state index in [0.29, 0.717) is 6.54 Å². The number of rotatable bonds is 3. The van der Waals surface area contributed by atoms with Gasteiger partial charge in [0.15, 0.2) is 0 Å². The quantitative estimate of drug-likeness (QED) is 0.471. The fourth-order valence-corrected chi connectivity index (χ4v) is 0.886. The van der Waals surface area contributed by atoms with Crippen LogP contribution in [-0.2, 0) is 11.3 Å². The van der Waals surface area contributed by atoms with Crippen LogP contribution in [0.4, 0.5) is 0 Å². The highest BCUT2D eigenvalue weighted by Gasteiger charge is 1.98. The van der Waals surface area contributed by atoms with E-state index in [0.717, 1.165) is 9.80 Å². The summed E-state index contributed by atoms with van der Waals surface area (Å²) < 4.78 is 19.5. The molecule has 3 nitrogen and oxygen atoms in total. The van der Waals surface area contributed by atoms with Crippen molar-refractivity contribution in [2.24, 2.45) is 0 Å². The Labute approximate surface area is 56.1 Å². The molecule has 0 fully saturated rings. The van der Waals surface area contributed by atoms with Crippen molar-refractivity contribution < 1.29 is 8.76 Å². The Bertz CT molecular complexity index is 105. The average Bonchev–Trinajstić information content (AvgIpc) is 1.69. The van der Waals surface area contributed by atoms with Crippen LogP contribution in [0.2, 0.25) is 0 Å². The van der Waals surface area contributed by atoms with Gasteiger partial charge in [-0.15, -0.1) is 0 Å². The Kier molecular flexibility index (Phi) is 3.94. The molecule has 0 aromatic carbocycles. The minimum absolute atomic E-state index is 0.465. The van der Waals surface area contributed by atoms with Gasteiger partial charge in [-0.05, 0) is 6.92 Å². The third kappa shape index (κ3) is 2.34. The summed E-state index contributed by atoms with van der Waals surface area (Å²) in [6.07, 6.45) is 0. The van der Waals surface area contributed by atoms with Gasteiger partial charge in [-0.1, -0.05) is 12.2 Å². The number of hydrogen-bond acceptors (Lipinski definition) is 2. The molecule has 0 rings (SSSR count). The Morgan fingerprint density at radius 3 is 2.50 bits per heavy atom. The highest BCUT2D eigenvalue weighted by Crippen LogP contribution is 1.84. The Hall–Kier alpha value is -0.0000000000000000486. The second-order valence-corrected chi connectivity index (χ2v) is 2.21. The molecule has 0 heterocycles. The van der Waals surface area contributed by atoms with Crippen molar-refractivity contribution in [2.75, 3.05) is 6.54 Å². The predicted molar refractivity (Wildman–Crippen MR) is 36.8 cm³/mol. The van der Waals surface area contributed by atoms with Gasteiger partial charge in [-0.25, -0.2) is 4.21 Å². The van der Waals surface area contributed by atoms with Crippen LogP contribution >= 0.6 is 12.2 Å². The summed E-state index contributed by atoms with van der Waals surface area (Å²) in [7, 11) is 0. The van der Waals surface area contributed by atoms with Crippen molar-refractivity contribution in [3.05, 3.63) is 0 Å². The highest BCUT2D eigenvalue weighted by atomic mass is 32.2. The van der Waals surface area contributed by atoms with E-state index in [1.807, 2.05) is 0 Å². The van der Waals surface area contributed by atoms with Gasteiger partial charge in [0.05, 0.1) is 5.49 Å². The predicted octanol–water partition coefficient (Wildman–Crippen LogP) is 0.402. The molecule has 0 aromatic rings. The molecule has 0 aliphatic carbocycles. The van der Waals surface area contributed by atoms with Gasteiger partial charge in [-0.3, -0.25) is 8.86 Å². The summed E-state index contributed by atoms with van der Waals surface area (Å²) in [4.78, 5) is 0. The van der Waals surface area contributed by atoms with Crippen molar-refractivity contribution >= 4 is 29.0 Å². The smallest absolute Gasteiger partial charge is 0.262 e. The zero-order valence-corrected chi connectivity index (χ0v) is 6.04. The second-order valence-electron chi connectivity index (χ2n) is 1.07. The first-order valence-corrected chi connectivity index (χ1v) is 3.58. The van der Waals surface area contributed by atoms with E-state index in [-0.39, 0.29) is 0 Å². The van der Waals surface area contributed by atoms with Crippen LogP contribution in [0.5, 0.6) is 0 Å². The van der Waals surface area contributed by atoms with Crippen LogP contribution in [-0.4, -0.2) is 25.1 Å². The van der Waals surface area contributed by atoms with E-state index in [2.05, 4.69) is 12.2 Å². The van der Waals surface area contributed by atoms with E-state index >= 15 is 0 Å². The van der Waals surface area contributed by atoms with Crippen LogP contribution in [0.1, 0.15) is 6.92 Å². The molecule has 1 atom stereocenters. The topological polar surface area (TPSA) is 40.5 Å². The van der Waals surface area contributed by atoms with Gasteiger partial charge in [0.25, 0.3) is 11.3 Å². The molecule has 0 radical (unpaired) electrons. The molecule has 0 saturated heterocycles. The van der Waals surface area contributed by atoms with Crippen LogP contribution in [0.25, 0.3) is 0 Å². The molecule has 1 N–H and O–H groups in total. The molecule has 1 unspecified atom stereocenters. The SMILES string of the molecule is CCN(C=S)S(=O)O. The maximum atomic E-state index is 10.1. The lowest BCUT2D eigenvalue weighted by Crippen LogP contribution is -2.21. The lowest BCUT2D eigenvalue weighted by molar-refractivity contribution is 0.507. The zero-order chi connectivity index (χ0) is 6.57. The monoisotopic (exact) mass is 153 g/mol. The summed E-state index contributed by atoms with van der Waals surface area (Å²) in [5, 5.41) is 0. The molecule has 0 amide bonds. The molecule has 5 heteroatoms. The fraction of sp³-hybridized carbons (Fsp3) is 0.667. The molecule has 0 saturated carbocycles. The summed E-state index contributed by atoms with van der Waals surface area (Å²) in [6, 6.07) is 0. The molecule has 0 aliphatic heterocycles. The van der Waals surface area contributed by atoms with Crippen LogP contribution < -0.4 is 0 Å². The van der Waals surface area contributed by atoms with Gasteiger partial charge >= 0.3 is 0 Å². The number of hydrogen-bond donors (Lipinski definition) is 1. The number of thiocarbonyl (C=S) groups is 1. The molecular weight excluding hydrogens is 146 g/mol. The maximum absolute atomic E-state index is 10.1. The second kappa shape index (κ2) is 3.94. The van der Waals surface area contributed by atoms with Gasteiger partial charge < -0.3 is 0 Å². The molecule has 0 aliphatic rings. The third-order valence-corrected chi connectivity index (χ3v) is 1.78. The number of nitrogens with zero attached hydrogens (tertiary/aromatic N) is 1. The summed E-state index contributed by atoms with van der Waals surface area (Å²) in [5.41, 5.74) is 1.16. The van der Waals surface area contributed by atoms with Crippen molar-refractivity contribution in [1.82, 2.24) is 4.31 Å². The van der Waals surface area contributed by atoms with E-state index < -0.39 is 11.3 Å². The molecular formula is C3H7NO2S2. The van der Waals surface area contributed by atoms with Crippen LogP contribution in [0.3, 0.4) is 0 Å². The lowest BCUT2D eigenvalue weighted by Gasteiger charge is -2.07. The molecule has 8 heavy (non-hydrogen) atoms. The lowest BCUT2D eigenvalue weighted by atomic mass is 10.8. The van der Waals surface area contributed by atoms with Gasteiger partial charge in [0.2, 0.25) is 0 Å². The Morgan fingerprint density at radius 1 is 2.00 bits per heavy atom. The molecule has 0 bridgehead atoms. The van der Waals surface area contributed by atoms with E-state index in [1.165, 1.54) is 0 Å². The van der Waals surface area contributed by atoms with Crippen LogP contribution in [0, 0.1) is 0 Å². The standard InChI is InChI=1S/C3H7NO2S2/c1-2-4(3-7)8(5)6/h3H,2H2,1H3,(H,5,6). The van der Waals surface area contributed by atoms with Gasteiger partial charge in [-0.2, -0.15) is 0 Å². The van der Waals surface area contributed by atoms with Gasteiger partial charge in [0.1, 0.15) is 0 Å². The van der Waals surface area contributed by atoms with Crippen molar-refractivity contribution in [3.8, 4) is 0 Å². The summed E-state index contributed by atoms with van der Waals surface area (Å²) in [6.45, 7) is 2.21. The zero-order valence-electron chi connectivity index (χ0n) is 4.40. The average molecular weight is 153 g/mol. The van der Waals surface area contributed by atoms with E-state index in [4.69, 9.17) is 4.55 Å². The maximum Gasteiger partial charge on any atom is 0.262 e. The first-order valence-electron chi connectivity index (χ1n) is 2.05. The van der Waals surface area contributed by atoms with Crippen LogP contribution in [0.15, 0.2) is 0 Å². The fourth-order valence-electron chi connectivity index (χ4n) is 0.222. The minimum Gasteiger partial charge on any atom is -0.289 e. The molecule has 48 valence electrons. The third-order valence-electron chi connectivity index (χ3n) is 0.630. The van der Waals surface area contributed by atoms with E-state index in [1.54, 1.807) is 6.92 Å². The first-order chi connectivity index (χ1) is 3.72. The highest BCUT2D eigenvalue weighted by molar-refractivity contribution is 7.82. The molecule has 0 aromatic heterocycles. The van der Waals surface area contributed by atoms with Crippen molar-refractivity contribution in [1.29, 1.82) is 0 Å². The van der Waals surface area contributed by atoms with Crippen molar-refractivity contribution in [2.45, 2.75) is 6.92 Å². The Balaban J connectivity index is 3.69. The Morgan fingerprint density at radius 2 is 2.50 bits per heavy atom. The normalized spacial score (nSPS) is 12.8. The van der Waals surface area contributed by atoms with Crippen molar-refractivity contribution in [3.63, 3.8) is 0 Å². The minimum atomic E-state index is -1.93. The van der Waals surface area contributed by atoms with Gasteiger partial charge in [0, 0.05) is 6.54 Å². The van der Waals surface area contributed by atoms with E-state index in [9.17, 15) is 4.21 Å². The molecule has 0 spiro atoms.